The van der Waals surface area contributed by atoms with Crippen molar-refractivity contribution in [1.29, 1.82) is 0 Å². The van der Waals surface area contributed by atoms with Crippen LogP contribution < -0.4 is 10.6 Å². The van der Waals surface area contributed by atoms with Crippen molar-refractivity contribution in [3.63, 3.8) is 0 Å². The minimum atomic E-state index is -4.53. The Morgan fingerprint density at radius 2 is 2.37 bits per heavy atom. The first-order chi connectivity index (χ1) is 8.96. The summed E-state index contributed by atoms with van der Waals surface area (Å²) in [4.78, 5) is 15.9. The highest BCUT2D eigenvalue weighted by Crippen LogP contribution is 2.43. The summed E-state index contributed by atoms with van der Waals surface area (Å²) >= 11 is 1.41. The molecule has 8 heteroatoms. The number of hydrogen-bond donors (Lipinski definition) is 2. The number of halogens is 3. The number of hydrogen-bond acceptors (Lipinski definition) is 4. The molecule has 1 aliphatic heterocycles. The normalized spacial score (nSPS) is 23.5. The third kappa shape index (κ3) is 2.89. The Kier molecular flexibility index (Phi) is 4.10. The lowest BCUT2D eigenvalue weighted by atomic mass is 9.85. The molecule has 0 spiro atoms. The van der Waals surface area contributed by atoms with Gasteiger partial charge < -0.3 is 10.6 Å². The van der Waals surface area contributed by atoms with E-state index in [1.165, 1.54) is 11.3 Å². The average molecular weight is 293 g/mol. The second kappa shape index (κ2) is 5.46. The van der Waals surface area contributed by atoms with Crippen molar-refractivity contribution in [3.05, 3.63) is 16.6 Å². The highest BCUT2D eigenvalue weighted by atomic mass is 32.1. The Morgan fingerprint density at radius 3 is 2.89 bits per heavy atom. The van der Waals surface area contributed by atoms with Crippen LogP contribution in [0.4, 0.5) is 13.2 Å². The lowest BCUT2D eigenvalue weighted by Gasteiger charge is -2.29. The number of carbonyl (C=O) groups excluding carboxylic acids is 1. The van der Waals surface area contributed by atoms with Crippen molar-refractivity contribution in [2.24, 2.45) is 5.41 Å². The molecule has 0 bridgehead atoms. The summed E-state index contributed by atoms with van der Waals surface area (Å²) in [5, 5.41) is 7.58. The van der Waals surface area contributed by atoms with Crippen LogP contribution in [0.15, 0.2) is 11.6 Å². The van der Waals surface area contributed by atoms with E-state index < -0.39 is 17.5 Å². The van der Waals surface area contributed by atoms with Crippen LogP contribution in [-0.2, 0) is 11.2 Å². The number of thiazole rings is 1. The summed E-state index contributed by atoms with van der Waals surface area (Å²) in [6.07, 6.45) is -2.66. The molecule has 1 aromatic rings. The van der Waals surface area contributed by atoms with Crippen molar-refractivity contribution >= 4 is 17.2 Å². The van der Waals surface area contributed by atoms with Gasteiger partial charge in [-0.15, -0.1) is 11.3 Å². The topological polar surface area (TPSA) is 54.0 Å². The predicted molar refractivity (Wildman–Crippen MR) is 64.8 cm³/mol. The number of rotatable bonds is 4. The molecular formula is C11H14F3N3OS. The minimum absolute atomic E-state index is 0.171. The van der Waals surface area contributed by atoms with Gasteiger partial charge in [-0.05, 0) is 13.0 Å². The summed E-state index contributed by atoms with van der Waals surface area (Å²) in [5.74, 6) is -0.943. The molecule has 1 saturated heterocycles. The molecule has 2 rings (SSSR count). The second-order valence-corrected chi connectivity index (χ2v) is 5.42. The highest BCUT2D eigenvalue weighted by molar-refractivity contribution is 7.09. The molecule has 0 saturated carbocycles. The number of carbonyl (C=O) groups is 1. The molecule has 19 heavy (non-hydrogen) atoms. The molecule has 2 heterocycles. The van der Waals surface area contributed by atoms with Crippen molar-refractivity contribution < 1.29 is 18.0 Å². The van der Waals surface area contributed by atoms with Gasteiger partial charge in [0.25, 0.3) is 0 Å². The fraction of sp³-hybridized carbons (Fsp3) is 0.636. The van der Waals surface area contributed by atoms with Crippen molar-refractivity contribution in [1.82, 2.24) is 15.6 Å². The monoisotopic (exact) mass is 293 g/mol. The number of nitrogens with one attached hydrogen (secondary N) is 2. The first-order valence-corrected chi connectivity index (χ1v) is 6.78. The molecule has 1 aromatic heterocycles. The first-order valence-electron chi connectivity index (χ1n) is 5.90. The predicted octanol–water partition coefficient (Wildman–Crippen LogP) is 1.34. The molecule has 0 aliphatic carbocycles. The van der Waals surface area contributed by atoms with Crippen LogP contribution in [0.1, 0.15) is 11.4 Å². The molecule has 1 atom stereocenters. The Morgan fingerprint density at radius 1 is 1.58 bits per heavy atom. The molecule has 0 aromatic carbocycles. The van der Waals surface area contributed by atoms with Gasteiger partial charge in [-0.2, -0.15) is 13.2 Å². The molecule has 4 nitrogen and oxygen atoms in total. The summed E-state index contributed by atoms with van der Waals surface area (Å²) in [6, 6.07) is 0. The van der Waals surface area contributed by atoms with Crippen molar-refractivity contribution in [2.45, 2.75) is 19.0 Å². The van der Waals surface area contributed by atoms with Gasteiger partial charge in [0.15, 0.2) is 5.41 Å². The van der Waals surface area contributed by atoms with E-state index in [2.05, 4.69) is 15.6 Å². The van der Waals surface area contributed by atoms with Crippen molar-refractivity contribution in [3.8, 4) is 0 Å². The molecular weight excluding hydrogens is 279 g/mol. The van der Waals surface area contributed by atoms with Crippen LogP contribution in [0.3, 0.4) is 0 Å². The van der Waals surface area contributed by atoms with Gasteiger partial charge in [-0.1, -0.05) is 0 Å². The molecule has 1 aliphatic rings. The third-order valence-electron chi connectivity index (χ3n) is 3.24. The maximum absolute atomic E-state index is 13.1. The molecule has 2 N–H and O–H groups in total. The standard InChI is InChI=1S/C11H14F3N3OS/c12-11(13,14)10(2-4-15-7-10)9(18)17-3-1-8-16-5-6-19-8/h5-6,15H,1-4,7H2,(H,17,18). The van der Waals surface area contributed by atoms with Crippen LogP contribution in [0.2, 0.25) is 0 Å². The first kappa shape index (κ1) is 14.3. The van der Waals surface area contributed by atoms with Crippen LogP contribution in [0.5, 0.6) is 0 Å². The minimum Gasteiger partial charge on any atom is -0.355 e. The fourth-order valence-electron chi connectivity index (χ4n) is 2.09. The second-order valence-electron chi connectivity index (χ2n) is 4.44. The molecule has 106 valence electrons. The molecule has 0 radical (unpaired) electrons. The number of alkyl halides is 3. The van der Waals surface area contributed by atoms with E-state index in [1.807, 2.05) is 0 Å². The van der Waals surface area contributed by atoms with Crippen LogP contribution in [0.25, 0.3) is 0 Å². The van der Waals surface area contributed by atoms with E-state index in [1.54, 1.807) is 11.6 Å². The van der Waals surface area contributed by atoms with Crippen LogP contribution >= 0.6 is 11.3 Å². The quantitative estimate of drug-likeness (QED) is 0.881. The number of aromatic nitrogens is 1. The summed E-state index contributed by atoms with van der Waals surface area (Å²) in [7, 11) is 0. The fourth-order valence-corrected chi connectivity index (χ4v) is 2.71. The van der Waals surface area contributed by atoms with E-state index in [0.717, 1.165) is 5.01 Å². The maximum Gasteiger partial charge on any atom is 0.404 e. The summed E-state index contributed by atoms with van der Waals surface area (Å²) < 4.78 is 39.2. The van der Waals surface area contributed by atoms with E-state index in [0.29, 0.717) is 6.42 Å². The summed E-state index contributed by atoms with van der Waals surface area (Å²) in [5.41, 5.74) is -2.28. The molecule has 1 amide bonds. The van der Waals surface area contributed by atoms with Gasteiger partial charge in [0.2, 0.25) is 5.91 Å². The van der Waals surface area contributed by atoms with Gasteiger partial charge in [0.1, 0.15) is 0 Å². The Hall–Kier alpha value is -1.15. The third-order valence-corrected chi connectivity index (χ3v) is 4.08. The van der Waals surface area contributed by atoms with Gasteiger partial charge in [0.05, 0.1) is 5.01 Å². The smallest absolute Gasteiger partial charge is 0.355 e. The van der Waals surface area contributed by atoms with E-state index in [4.69, 9.17) is 0 Å². The van der Waals surface area contributed by atoms with E-state index in [-0.39, 0.29) is 26.1 Å². The Balaban J connectivity index is 1.93. The average Bonchev–Trinajstić information content (AvgIpc) is 2.99. The van der Waals surface area contributed by atoms with Gasteiger partial charge >= 0.3 is 6.18 Å². The van der Waals surface area contributed by atoms with E-state index >= 15 is 0 Å². The number of nitrogens with zero attached hydrogens (tertiary/aromatic N) is 1. The van der Waals surface area contributed by atoms with Gasteiger partial charge in [-0.25, -0.2) is 4.98 Å². The SMILES string of the molecule is O=C(NCCc1nccs1)C1(C(F)(F)F)CCNC1. The Bertz CT molecular complexity index is 427. The Labute approximate surface area is 112 Å². The van der Waals surface area contributed by atoms with Gasteiger partial charge in [0, 0.05) is 31.1 Å². The zero-order valence-corrected chi connectivity index (χ0v) is 10.9. The maximum atomic E-state index is 13.1. The van der Waals surface area contributed by atoms with Crippen LogP contribution in [-0.4, -0.2) is 36.7 Å². The highest BCUT2D eigenvalue weighted by Gasteiger charge is 2.61. The zero-order valence-electron chi connectivity index (χ0n) is 10.1. The van der Waals surface area contributed by atoms with Crippen molar-refractivity contribution in [2.75, 3.05) is 19.6 Å². The van der Waals surface area contributed by atoms with E-state index in [9.17, 15) is 18.0 Å². The lowest BCUT2D eigenvalue weighted by Crippen LogP contribution is -2.52. The molecule has 1 unspecified atom stereocenters. The molecule has 1 fully saturated rings. The lowest BCUT2D eigenvalue weighted by molar-refractivity contribution is -0.215. The number of amides is 1. The largest absolute Gasteiger partial charge is 0.404 e. The van der Waals surface area contributed by atoms with Gasteiger partial charge in [-0.3, -0.25) is 4.79 Å². The summed E-state index contributed by atoms with van der Waals surface area (Å²) in [6.45, 7) is 0.0309. The zero-order chi connectivity index (χ0) is 13.9. The van der Waals surface area contributed by atoms with Crippen LogP contribution in [0, 0.1) is 5.41 Å².